The van der Waals surface area contributed by atoms with Crippen molar-refractivity contribution in [3.05, 3.63) is 0 Å². The molecule has 0 aromatic carbocycles. The summed E-state index contributed by atoms with van der Waals surface area (Å²) in [6.45, 7) is 4.37. The summed E-state index contributed by atoms with van der Waals surface area (Å²) in [5, 5.41) is 0. The van der Waals surface area contributed by atoms with Gasteiger partial charge in [0.25, 0.3) is 0 Å². The van der Waals surface area contributed by atoms with Gasteiger partial charge in [0.15, 0.2) is 0 Å². The molecule has 1 saturated carbocycles. The van der Waals surface area contributed by atoms with Crippen molar-refractivity contribution in [3.8, 4) is 0 Å². The Bertz CT molecular complexity index is 176. The van der Waals surface area contributed by atoms with Crippen molar-refractivity contribution in [2.24, 2.45) is 11.7 Å². The lowest BCUT2D eigenvalue weighted by atomic mass is 10.0. The normalized spacial score (nSPS) is 19.1. The predicted octanol–water partition coefficient (Wildman–Crippen LogP) is 3.41. The fourth-order valence-corrected chi connectivity index (χ4v) is 3.07. The predicted molar refractivity (Wildman–Crippen MR) is 76.2 cm³/mol. The van der Waals surface area contributed by atoms with E-state index in [0.29, 0.717) is 6.04 Å². The third-order valence-corrected chi connectivity index (χ3v) is 4.31. The summed E-state index contributed by atoms with van der Waals surface area (Å²) in [7, 11) is 2.27. The van der Waals surface area contributed by atoms with E-state index in [9.17, 15) is 0 Å². The summed E-state index contributed by atoms with van der Waals surface area (Å²) in [6, 6.07) is 0.618. The molecule has 0 heterocycles. The number of unbranched alkanes of at least 4 members (excludes halogenated alkanes) is 3. The van der Waals surface area contributed by atoms with Crippen LogP contribution in [0.15, 0.2) is 0 Å². The van der Waals surface area contributed by atoms with Crippen LogP contribution < -0.4 is 5.73 Å². The lowest BCUT2D eigenvalue weighted by molar-refractivity contribution is 0.198. The highest BCUT2D eigenvalue weighted by Crippen LogP contribution is 2.26. The van der Waals surface area contributed by atoms with Crippen LogP contribution in [0.5, 0.6) is 0 Å². The molecule has 2 heteroatoms. The molecule has 1 atom stereocenters. The van der Waals surface area contributed by atoms with E-state index in [0.717, 1.165) is 12.5 Å². The summed E-state index contributed by atoms with van der Waals surface area (Å²) in [5.41, 5.74) is 5.92. The van der Waals surface area contributed by atoms with Crippen LogP contribution in [-0.2, 0) is 0 Å². The highest BCUT2D eigenvalue weighted by atomic mass is 15.1. The number of hydrogen-bond donors (Lipinski definition) is 1. The molecule has 0 aromatic rings. The molecule has 0 bridgehead atoms. The van der Waals surface area contributed by atoms with E-state index in [2.05, 4.69) is 18.9 Å². The molecule has 1 aliphatic carbocycles. The smallest absolute Gasteiger partial charge is 0.0215 e. The van der Waals surface area contributed by atoms with Gasteiger partial charge in [-0.1, -0.05) is 45.4 Å². The molecule has 2 nitrogen and oxygen atoms in total. The fourth-order valence-electron chi connectivity index (χ4n) is 3.07. The molecule has 0 amide bonds. The van der Waals surface area contributed by atoms with Gasteiger partial charge in [0.05, 0.1) is 0 Å². The van der Waals surface area contributed by atoms with Gasteiger partial charge in [-0.2, -0.15) is 0 Å². The van der Waals surface area contributed by atoms with Crippen LogP contribution in [-0.4, -0.2) is 31.1 Å². The zero-order chi connectivity index (χ0) is 12.5. The molecular formula is C15H32N2. The lowest BCUT2D eigenvalue weighted by Gasteiger charge is -2.29. The van der Waals surface area contributed by atoms with E-state index >= 15 is 0 Å². The van der Waals surface area contributed by atoms with Crippen molar-refractivity contribution >= 4 is 0 Å². The van der Waals surface area contributed by atoms with Crippen molar-refractivity contribution in [1.82, 2.24) is 4.90 Å². The maximum Gasteiger partial charge on any atom is 0.0215 e. The lowest BCUT2D eigenvalue weighted by Crippen LogP contribution is -2.40. The van der Waals surface area contributed by atoms with E-state index in [1.54, 1.807) is 0 Å². The Morgan fingerprint density at radius 2 is 1.88 bits per heavy atom. The van der Waals surface area contributed by atoms with Gasteiger partial charge < -0.3 is 10.6 Å². The number of rotatable bonds is 9. The second-order valence-corrected chi connectivity index (χ2v) is 5.83. The van der Waals surface area contributed by atoms with Gasteiger partial charge in [-0.25, -0.2) is 0 Å². The Kier molecular flexibility index (Phi) is 7.87. The van der Waals surface area contributed by atoms with Crippen LogP contribution in [0, 0.1) is 5.92 Å². The summed E-state index contributed by atoms with van der Waals surface area (Å²) in [5.74, 6) is 0.949. The minimum atomic E-state index is 0.618. The highest BCUT2D eigenvalue weighted by molar-refractivity contribution is 4.75. The van der Waals surface area contributed by atoms with Crippen molar-refractivity contribution < 1.29 is 0 Å². The SMILES string of the molecule is CCCCCCC(CN)N(C)CC1CCCC1. The molecule has 102 valence electrons. The maximum atomic E-state index is 5.92. The highest BCUT2D eigenvalue weighted by Gasteiger charge is 2.20. The maximum absolute atomic E-state index is 5.92. The molecule has 0 spiro atoms. The van der Waals surface area contributed by atoms with Crippen LogP contribution in [0.3, 0.4) is 0 Å². The Labute approximate surface area is 108 Å². The summed E-state index contributed by atoms with van der Waals surface area (Å²) in [4.78, 5) is 2.53. The summed E-state index contributed by atoms with van der Waals surface area (Å²) < 4.78 is 0. The largest absolute Gasteiger partial charge is 0.329 e. The van der Waals surface area contributed by atoms with Crippen molar-refractivity contribution in [2.45, 2.75) is 70.8 Å². The average molecular weight is 240 g/mol. The van der Waals surface area contributed by atoms with Crippen LogP contribution in [0.25, 0.3) is 0 Å². The second kappa shape index (κ2) is 8.93. The number of nitrogens with zero attached hydrogens (tertiary/aromatic N) is 1. The molecule has 1 rings (SSSR count). The minimum absolute atomic E-state index is 0.618. The monoisotopic (exact) mass is 240 g/mol. The molecule has 0 aromatic heterocycles. The van der Waals surface area contributed by atoms with E-state index in [1.807, 2.05) is 0 Å². The number of hydrogen-bond acceptors (Lipinski definition) is 2. The van der Waals surface area contributed by atoms with Gasteiger partial charge in [-0.15, -0.1) is 0 Å². The quantitative estimate of drug-likeness (QED) is 0.626. The summed E-state index contributed by atoms with van der Waals surface area (Å²) >= 11 is 0. The van der Waals surface area contributed by atoms with Gasteiger partial charge in [0.2, 0.25) is 0 Å². The number of nitrogens with two attached hydrogens (primary N) is 1. The third-order valence-electron chi connectivity index (χ3n) is 4.31. The Balaban J connectivity index is 2.17. The molecule has 1 unspecified atom stereocenters. The van der Waals surface area contributed by atoms with Gasteiger partial charge in [0, 0.05) is 19.1 Å². The fraction of sp³-hybridized carbons (Fsp3) is 1.00. The van der Waals surface area contributed by atoms with Crippen LogP contribution in [0.4, 0.5) is 0 Å². The van der Waals surface area contributed by atoms with Crippen LogP contribution in [0.1, 0.15) is 64.7 Å². The molecular weight excluding hydrogens is 208 g/mol. The molecule has 0 aliphatic heterocycles. The van der Waals surface area contributed by atoms with E-state index in [1.165, 1.54) is 64.3 Å². The van der Waals surface area contributed by atoms with E-state index < -0.39 is 0 Å². The van der Waals surface area contributed by atoms with Crippen molar-refractivity contribution in [2.75, 3.05) is 20.1 Å². The van der Waals surface area contributed by atoms with Gasteiger partial charge >= 0.3 is 0 Å². The van der Waals surface area contributed by atoms with Crippen LogP contribution >= 0.6 is 0 Å². The first kappa shape index (κ1) is 15.0. The standard InChI is InChI=1S/C15H32N2/c1-3-4-5-6-11-15(12-16)17(2)13-14-9-7-8-10-14/h14-15H,3-13,16H2,1-2H3. The van der Waals surface area contributed by atoms with E-state index in [4.69, 9.17) is 5.73 Å². The zero-order valence-corrected chi connectivity index (χ0v) is 12.0. The molecule has 2 N–H and O–H groups in total. The zero-order valence-electron chi connectivity index (χ0n) is 12.0. The first-order chi connectivity index (χ1) is 8.27. The topological polar surface area (TPSA) is 29.3 Å². The minimum Gasteiger partial charge on any atom is -0.329 e. The molecule has 0 saturated heterocycles. The first-order valence-corrected chi connectivity index (χ1v) is 7.68. The molecule has 0 radical (unpaired) electrons. The summed E-state index contributed by atoms with van der Waals surface area (Å²) in [6.07, 6.45) is 12.5. The molecule has 1 aliphatic rings. The van der Waals surface area contributed by atoms with Gasteiger partial charge in [0.1, 0.15) is 0 Å². The average Bonchev–Trinajstić information content (AvgIpc) is 2.82. The number of likely N-dealkylation sites (N-methyl/N-ethyl adjacent to an activating group) is 1. The van der Waals surface area contributed by atoms with Crippen LogP contribution in [0.2, 0.25) is 0 Å². The molecule has 1 fully saturated rings. The first-order valence-electron chi connectivity index (χ1n) is 7.68. The second-order valence-electron chi connectivity index (χ2n) is 5.83. The third kappa shape index (κ3) is 5.87. The van der Waals surface area contributed by atoms with Gasteiger partial charge in [-0.3, -0.25) is 0 Å². The van der Waals surface area contributed by atoms with Gasteiger partial charge in [-0.05, 0) is 32.2 Å². The van der Waals surface area contributed by atoms with E-state index in [-0.39, 0.29) is 0 Å². The van der Waals surface area contributed by atoms with Crippen molar-refractivity contribution in [1.29, 1.82) is 0 Å². The Morgan fingerprint density at radius 1 is 1.18 bits per heavy atom. The van der Waals surface area contributed by atoms with Crippen molar-refractivity contribution in [3.63, 3.8) is 0 Å². The molecule has 17 heavy (non-hydrogen) atoms. The Morgan fingerprint density at radius 3 is 2.47 bits per heavy atom. The Hall–Kier alpha value is -0.0800.